The standard InChI is InChI=1S/C17H19N5O/c23-8-14(13-6-5-11-3-1-2-4-12(11)7-13)22-17-15-16(19-9-18-15)20-10-21-17/h1-4,9-10,13-14,23H,5-8H2,(H2,18,19,20,21,22). The molecule has 0 amide bonds. The van der Waals surface area contributed by atoms with E-state index in [0.29, 0.717) is 17.4 Å². The Bertz CT molecular complexity index is 815. The Morgan fingerprint density at radius 1 is 1.22 bits per heavy atom. The third kappa shape index (κ3) is 2.66. The largest absolute Gasteiger partial charge is 0.394 e. The summed E-state index contributed by atoms with van der Waals surface area (Å²) in [6, 6.07) is 8.53. The normalized spacial score (nSPS) is 18.6. The number of aliphatic hydroxyl groups is 1. The van der Waals surface area contributed by atoms with E-state index < -0.39 is 0 Å². The highest BCUT2D eigenvalue weighted by atomic mass is 16.3. The minimum Gasteiger partial charge on any atom is -0.394 e. The molecular formula is C17H19N5O. The minimum atomic E-state index is -0.0373. The monoisotopic (exact) mass is 309 g/mol. The molecule has 0 radical (unpaired) electrons. The summed E-state index contributed by atoms with van der Waals surface area (Å²) in [6.07, 6.45) is 6.20. The molecule has 3 N–H and O–H groups in total. The molecule has 2 unspecified atom stereocenters. The molecule has 23 heavy (non-hydrogen) atoms. The Hall–Kier alpha value is -2.47. The fourth-order valence-corrected chi connectivity index (χ4v) is 3.43. The van der Waals surface area contributed by atoms with Crippen molar-refractivity contribution in [1.29, 1.82) is 0 Å². The molecule has 1 aliphatic rings. The number of aliphatic hydroxyl groups excluding tert-OH is 1. The Morgan fingerprint density at radius 3 is 2.96 bits per heavy atom. The van der Waals surface area contributed by atoms with Crippen molar-refractivity contribution in [2.24, 2.45) is 5.92 Å². The van der Waals surface area contributed by atoms with Gasteiger partial charge in [-0.3, -0.25) is 0 Å². The van der Waals surface area contributed by atoms with Gasteiger partial charge in [0, 0.05) is 0 Å². The van der Waals surface area contributed by atoms with Crippen LogP contribution in [0.15, 0.2) is 36.9 Å². The lowest BCUT2D eigenvalue weighted by atomic mass is 9.80. The SMILES string of the molecule is OCC(Nc1ncnc2nc[nH]c12)C1CCc2ccccc2C1. The summed E-state index contributed by atoms with van der Waals surface area (Å²) in [4.78, 5) is 15.6. The van der Waals surface area contributed by atoms with Crippen LogP contribution in [-0.4, -0.2) is 37.7 Å². The highest BCUT2D eigenvalue weighted by molar-refractivity contribution is 5.82. The zero-order valence-electron chi connectivity index (χ0n) is 12.7. The number of aromatic amines is 1. The fraction of sp³-hybridized carbons (Fsp3) is 0.353. The Labute approximate surface area is 134 Å². The first-order valence-electron chi connectivity index (χ1n) is 7.93. The number of hydrogen-bond acceptors (Lipinski definition) is 5. The number of benzene rings is 1. The highest BCUT2D eigenvalue weighted by Crippen LogP contribution is 2.29. The number of aryl methyl sites for hydroxylation is 1. The maximum absolute atomic E-state index is 9.88. The first-order chi connectivity index (χ1) is 11.3. The fourth-order valence-electron chi connectivity index (χ4n) is 3.43. The zero-order chi connectivity index (χ0) is 15.6. The molecule has 2 aromatic heterocycles. The summed E-state index contributed by atoms with van der Waals surface area (Å²) in [5.41, 5.74) is 4.23. The summed E-state index contributed by atoms with van der Waals surface area (Å²) in [5, 5.41) is 13.3. The molecule has 0 saturated heterocycles. The van der Waals surface area contributed by atoms with Gasteiger partial charge < -0.3 is 15.4 Å². The van der Waals surface area contributed by atoms with Gasteiger partial charge in [0.15, 0.2) is 11.5 Å². The second-order valence-corrected chi connectivity index (χ2v) is 6.03. The predicted octanol–water partition coefficient (Wildman–Crippen LogP) is 1.93. The lowest BCUT2D eigenvalue weighted by Crippen LogP contribution is -2.36. The molecule has 6 heteroatoms. The van der Waals surface area contributed by atoms with Crippen molar-refractivity contribution in [2.45, 2.75) is 25.3 Å². The van der Waals surface area contributed by atoms with E-state index in [0.717, 1.165) is 24.8 Å². The summed E-state index contributed by atoms with van der Waals surface area (Å²) < 4.78 is 0. The number of anilines is 1. The maximum atomic E-state index is 9.88. The molecule has 0 aliphatic heterocycles. The zero-order valence-corrected chi connectivity index (χ0v) is 12.7. The number of imidazole rings is 1. The van der Waals surface area contributed by atoms with Crippen molar-refractivity contribution >= 4 is 17.0 Å². The molecule has 2 atom stereocenters. The molecule has 118 valence electrons. The smallest absolute Gasteiger partial charge is 0.182 e. The Balaban J connectivity index is 1.57. The summed E-state index contributed by atoms with van der Waals surface area (Å²) in [5.74, 6) is 1.08. The van der Waals surface area contributed by atoms with Crippen LogP contribution in [0.25, 0.3) is 11.2 Å². The van der Waals surface area contributed by atoms with Gasteiger partial charge in [0.05, 0.1) is 19.0 Å². The van der Waals surface area contributed by atoms with Crippen molar-refractivity contribution in [3.8, 4) is 0 Å². The van der Waals surface area contributed by atoms with E-state index >= 15 is 0 Å². The number of nitrogens with one attached hydrogen (secondary N) is 2. The van der Waals surface area contributed by atoms with E-state index in [1.165, 1.54) is 17.5 Å². The van der Waals surface area contributed by atoms with E-state index in [1.807, 2.05) is 0 Å². The van der Waals surface area contributed by atoms with Gasteiger partial charge in [0.1, 0.15) is 11.8 Å². The van der Waals surface area contributed by atoms with Gasteiger partial charge in [-0.2, -0.15) is 0 Å². The molecule has 1 aromatic carbocycles. The van der Waals surface area contributed by atoms with Gasteiger partial charge in [-0.05, 0) is 36.3 Å². The van der Waals surface area contributed by atoms with Gasteiger partial charge in [0.2, 0.25) is 0 Å². The molecule has 0 bridgehead atoms. The first kappa shape index (κ1) is 14.1. The van der Waals surface area contributed by atoms with Crippen LogP contribution in [-0.2, 0) is 12.8 Å². The van der Waals surface area contributed by atoms with E-state index in [4.69, 9.17) is 0 Å². The van der Waals surface area contributed by atoms with Crippen molar-refractivity contribution in [3.05, 3.63) is 48.0 Å². The van der Waals surface area contributed by atoms with Crippen molar-refractivity contribution in [3.63, 3.8) is 0 Å². The molecular weight excluding hydrogens is 290 g/mol. The molecule has 6 nitrogen and oxygen atoms in total. The molecule has 0 saturated carbocycles. The minimum absolute atomic E-state index is 0.0373. The van der Waals surface area contributed by atoms with Crippen molar-refractivity contribution in [2.75, 3.05) is 11.9 Å². The number of aromatic nitrogens is 4. The molecule has 3 aromatic rings. The molecule has 1 aliphatic carbocycles. The molecule has 2 heterocycles. The van der Waals surface area contributed by atoms with Gasteiger partial charge in [-0.25, -0.2) is 15.0 Å². The summed E-state index contributed by atoms with van der Waals surface area (Å²) in [7, 11) is 0. The summed E-state index contributed by atoms with van der Waals surface area (Å²) in [6.45, 7) is 0.0759. The maximum Gasteiger partial charge on any atom is 0.182 e. The van der Waals surface area contributed by atoms with E-state index in [2.05, 4.69) is 49.5 Å². The Morgan fingerprint density at radius 2 is 2.09 bits per heavy atom. The van der Waals surface area contributed by atoms with Crippen LogP contribution in [0, 0.1) is 5.92 Å². The molecule has 4 rings (SSSR count). The van der Waals surface area contributed by atoms with Gasteiger partial charge in [0.25, 0.3) is 0 Å². The predicted molar refractivity (Wildman–Crippen MR) is 88.1 cm³/mol. The third-order valence-corrected chi connectivity index (χ3v) is 4.70. The topological polar surface area (TPSA) is 86.7 Å². The highest BCUT2D eigenvalue weighted by Gasteiger charge is 2.26. The number of nitrogens with zero attached hydrogens (tertiary/aromatic N) is 3. The quantitative estimate of drug-likeness (QED) is 0.685. The molecule has 0 spiro atoms. The molecule has 0 fully saturated rings. The van der Waals surface area contributed by atoms with E-state index in [9.17, 15) is 5.11 Å². The second kappa shape index (κ2) is 5.96. The van der Waals surface area contributed by atoms with E-state index in [-0.39, 0.29) is 12.6 Å². The lowest BCUT2D eigenvalue weighted by molar-refractivity contribution is 0.227. The first-order valence-corrected chi connectivity index (χ1v) is 7.93. The van der Waals surface area contributed by atoms with Crippen LogP contribution in [0.1, 0.15) is 17.5 Å². The van der Waals surface area contributed by atoms with Crippen LogP contribution in [0.3, 0.4) is 0 Å². The average Bonchev–Trinajstić information content (AvgIpc) is 3.08. The van der Waals surface area contributed by atoms with Gasteiger partial charge in [-0.15, -0.1) is 0 Å². The Kier molecular flexibility index (Phi) is 3.67. The lowest BCUT2D eigenvalue weighted by Gasteiger charge is -2.31. The van der Waals surface area contributed by atoms with Gasteiger partial charge in [-0.1, -0.05) is 24.3 Å². The van der Waals surface area contributed by atoms with Crippen LogP contribution >= 0.6 is 0 Å². The van der Waals surface area contributed by atoms with Crippen molar-refractivity contribution in [1.82, 2.24) is 19.9 Å². The van der Waals surface area contributed by atoms with Crippen LogP contribution in [0.5, 0.6) is 0 Å². The van der Waals surface area contributed by atoms with Crippen LogP contribution < -0.4 is 5.32 Å². The van der Waals surface area contributed by atoms with Gasteiger partial charge >= 0.3 is 0 Å². The average molecular weight is 309 g/mol. The van der Waals surface area contributed by atoms with Crippen LogP contribution in [0.4, 0.5) is 5.82 Å². The van der Waals surface area contributed by atoms with E-state index in [1.54, 1.807) is 6.33 Å². The third-order valence-electron chi connectivity index (χ3n) is 4.70. The van der Waals surface area contributed by atoms with Crippen LogP contribution in [0.2, 0.25) is 0 Å². The number of H-pyrrole nitrogens is 1. The van der Waals surface area contributed by atoms with Crippen molar-refractivity contribution < 1.29 is 5.11 Å². The second-order valence-electron chi connectivity index (χ2n) is 6.03. The summed E-state index contributed by atoms with van der Waals surface area (Å²) >= 11 is 0. The number of fused-ring (bicyclic) bond motifs is 2. The number of hydrogen-bond donors (Lipinski definition) is 3. The number of rotatable bonds is 4.